The van der Waals surface area contributed by atoms with Gasteiger partial charge in [-0.25, -0.2) is 8.42 Å². The van der Waals surface area contributed by atoms with Crippen LogP contribution in [-0.4, -0.2) is 66.8 Å². The first-order chi connectivity index (χ1) is 11.9. The van der Waals surface area contributed by atoms with Gasteiger partial charge in [-0.15, -0.1) is 0 Å². The number of hydrogen-bond donors (Lipinski definition) is 0. The molecule has 25 heavy (non-hydrogen) atoms. The number of nitrogens with zero attached hydrogens (tertiary/aromatic N) is 3. The maximum absolute atomic E-state index is 13.0. The predicted molar refractivity (Wildman–Crippen MR) is 96.7 cm³/mol. The lowest BCUT2D eigenvalue weighted by molar-refractivity contribution is -0.136. The second kappa shape index (κ2) is 7.83. The predicted octanol–water partition coefficient (Wildman–Crippen LogP) is 1.33. The van der Waals surface area contributed by atoms with E-state index in [0.29, 0.717) is 19.4 Å². The standard InChI is InChI=1S/C18H27N3O3S/c1-20-9-4-17(5-10-20)21(13-15-2-7-19-8-3-15)18(22)12-16-6-11-25(23,24)14-16/h2-3,7-8,16-17H,4-6,9-14H2,1H3/t16-/m1/s1. The maximum atomic E-state index is 13.0. The summed E-state index contributed by atoms with van der Waals surface area (Å²) in [6, 6.07) is 4.11. The van der Waals surface area contributed by atoms with Crippen LogP contribution in [0.1, 0.15) is 31.2 Å². The lowest BCUT2D eigenvalue weighted by Crippen LogP contribution is -2.46. The van der Waals surface area contributed by atoms with E-state index in [-0.39, 0.29) is 29.4 Å². The molecule has 2 aliphatic heterocycles. The van der Waals surface area contributed by atoms with Crippen LogP contribution >= 0.6 is 0 Å². The van der Waals surface area contributed by atoms with Crippen molar-refractivity contribution in [3.8, 4) is 0 Å². The molecule has 0 bridgehead atoms. The van der Waals surface area contributed by atoms with Crippen LogP contribution in [-0.2, 0) is 21.2 Å². The molecular weight excluding hydrogens is 338 g/mol. The normalized spacial score (nSPS) is 24.3. The van der Waals surface area contributed by atoms with E-state index in [1.807, 2.05) is 17.0 Å². The van der Waals surface area contributed by atoms with Gasteiger partial charge in [0.1, 0.15) is 0 Å². The van der Waals surface area contributed by atoms with E-state index >= 15 is 0 Å². The van der Waals surface area contributed by atoms with Crippen molar-refractivity contribution in [3.63, 3.8) is 0 Å². The fourth-order valence-corrected chi connectivity index (χ4v) is 5.67. The molecule has 0 aromatic carbocycles. The monoisotopic (exact) mass is 365 g/mol. The number of amides is 1. The summed E-state index contributed by atoms with van der Waals surface area (Å²) in [5.41, 5.74) is 1.07. The molecule has 0 unspecified atom stereocenters. The molecule has 0 radical (unpaired) electrons. The summed E-state index contributed by atoms with van der Waals surface area (Å²) in [5.74, 6) is 0.454. The number of piperidine rings is 1. The van der Waals surface area contributed by atoms with E-state index in [1.54, 1.807) is 12.4 Å². The van der Waals surface area contributed by atoms with E-state index in [9.17, 15) is 13.2 Å². The highest BCUT2D eigenvalue weighted by Gasteiger charge is 2.33. The van der Waals surface area contributed by atoms with Crippen molar-refractivity contribution in [2.75, 3.05) is 31.6 Å². The molecule has 1 amide bonds. The average molecular weight is 365 g/mol. The van der Waals surface area contributed by atoms with Gasteiger partial charge in [-0.3, -0.25) is 9.78 Å². The van der Waals surface area contributed by atoms with E-state index in [2.05, 4.69) is 16.9 Å². The van der Waals surface area contributed by atoms with Crippen LogP contribution in [0.3, 0.4) is 0 Å². The highest BCUT2D eigenvalue weighted by atomic mass is 32.2. The highest BCUT2D eigenvalue weighted by molar-refractivity contribution is 7.91. The van der Waals surface area contributed by atoms with Crippen LogP contribution in [0.2, 0.25) is 0 Å². The van der Waals surface area contributed by atoms with Crippen LogP contribution in [0.5, 0.6) is 0 Å². The Balaban J connectivity index is 1.69. The zero-order chi connectivity index (χ0) is 17.9. The molecule has 2 aliphatic rings. The quantitative estimate of drug-likeness (QED) is 0.787. The van der Waals surface area contributed by atoms with Gasteiger partial charge in [0.2, 0.25) is 5.91 Å². The van der Waals surface area contributed by atoms with Crippen molar-refractivity contribution < 1.29 is 13.2 Å². The van der Waals surface area contributed by atoms with Crippen molar-refractivity contribution in [1.29, 1.82) is 0 Å². The largest absolute Gasteiger partial charge is 0.335 e. The van der Waals surface area contributed by atoms with E-state index < -0.39 is 9.84 Å². The van der Waals surface area contributed by atoms with E-state index in [1.165, 1.54) is 0 Å². The lowest BCUT2D eigenvalue weighted by atomic mass is 9.99. The molecule has 3 heterocycles. The van der Waals surface area contributed by atoms with E-state index in [0.717, 1.165) is 31.5 Å². The Morgan fingerprint density at radius 2 is 1.92 bits per heavy atom. The fraction of sp³-hybridized carbons (Fsp3) is 0.667. The van der Waals surface area contributed by atoms with Crippen LogP contribution in [0, 0.1) is 5.92 Å². The SMILES string of the molecule is CN1CCC(N(Cc2ccncc2)C(=O)C[C@H]2CCS(=O)(=O)C2)CC1. The minimum atomic E-state index is -2.94. The van der Waals surface area contributed by atoms with Gasteiger partial charge in [0.25, 0.3) is 0 Å². The van der Waals surface area contributed by atoms with E-state index in [4.69, 9.17) is 0 Å². The highest BCUT2D eigenvalue weighted by Crippen LogP contribution is 2.25. The van der Waals surface area contributed by atoms with Crippen molar-refractivity contribution in [2.45, 2.75) is 38.3 Å². The van der Waals surface area contributed by atoms with Gasteiger partial charge in [-0.05, 0) is 63.0 Å². The first kappa shape index (κ1) is 18.3. The molecule has 6 nitrogen and oxygen atoms in total. The molecule has 2 fully saturated rings. The second-order valence-corrected chi connectivity index (χ2v) is 9.61. The molecule has 2 saturated heterocycles. The van der Waals surface area contributed by atoms with Gasteiger partial charge in [-0.2, -0.15) is 0 Å². The lowest BCUT2D eigenvalue weighted by Gasteiger charge is -2.38. The molecule has 138 valence electrons. The van der Waals surface area contributed by atoms with Gasteiger partial charge in [0, 0.05) is 31.4 Å². The van der Waals surface area contributed by atoms with Crippen molar-refractivity contribution >= 4 is 15.7 Å². The number of rotatable bonds is 5. The van der Waals surface area contributed by atoms with Crippen LogP contribution < -0.4 is 0 Å². The Morgan fingerprint density at radius 1 is 1.24 bits per heavy atom. The zero-order valence-electron chi connectivity index (χ0n) is 14.8. The molecule has 1 aromatic rings. The number of carbonyl (C=O) groups is 1. The summed E-state index contributed by atoms with van der Waals surface area (Å²) in [6.45, 7) is 2.56. The number of sulfone groups is 1. The molecule has 1 aromatic heterocycles. The van der Waals surface area contributed by atoms with Crippen LogP contribution in [0.4, 0.5) is 0 Å². The molecule has 0 N–H and O–H groups in total. The molecule has 0 spiro atoms. The molecule has 0 aliphatic carbocycles. The van der Waals surface area contributed by atoms with Gasteiger partial charge < -0.3 is 9.80 Å². The smallest absolute Gasteiger partial charge is 0.223 e. The third-order valence-electron chi connectivity index (χ3n) is 5.34. The Hall–Kier alpha value is -1.47. The number of aromatic nitrogens is 1. The summed E-state index contributed by atoms with van der Waals surface area (Å²) in [7, 11) is -0.838. The van der Waals surface area contributed by atoms with Crippen molar-refractivity contribution in [3.05, 3.63) is 30.1 Å². The summed E-state index contributed by atoms with van der Waals surface area (Å²) in [4.78, 5) is 21.3. The Bertz CT molecular complexity index is 685. The van der Waals surface area contributed by atoms with Crippen molar-refractivity contribution in [2.24, 2.45) is 5.92 Å². The number of pyridine rings is 1. The molecule has 1 atom stereocenters. The Morgan fingerprint density at radius 3 is 2.52 bits per heavy atom. The minimum absolute atomic E-state index is 0.0243. The summed E-state index contributed by atoms with van der Waals surface area (Å²) < 4.78 is 23.4. The topological polar surface area (TPSA) is 70.6 Å². The first-order valence-corrected chi connectivity index (χ1v) is 10.8. The second-order valence-electron chi connectivity index (χ2n) is 7.38. The summed E-state index contributed by atoms with van der Waals surface area (Å²) in [5, 5.41) is 0. The third kappa shape index (κ3) is 5.01. The Kier molecular flexibility index (Phi) is 5.74. The van der Waals surface area contributed by atoms with Gasteiger partial charge in [-0.1, -0.05) is 0 Å². The first-order valence-electron chi connectivity index (χ1n) is 9.00. The maximum Gasteiger partial charge on any atom is 0.223 e. The third-order valence-corrected chi connectivity index (χ3v) is 7.18. The molecule has 0 saturated carbocycles. The molecular formula is C18H27N3O3S. The van der Waals surface area contributed by atoms with Gasteiger partial charge >= 0.3 is 0 Å². The molecule has 3 rings (SSSR count). The zero-order valence-corrected chi connectivity index (χ0v) is 15.6. The minimum Gasteiger partial charge on any atom is -0.335 e. The van der Waals surface area contributed by atoms with Crippen LogP contribution in [0.15, 0.2) is 24.5 Å². The molecule has 7 heteroatoms. The summed E-state index contributed by atoms with van der Waals surface area (Å²) in [6.07, 6.45) is 6.39. The number of carbonyl (C=O) groups excluding carboxylic acids is 1. The van der Waals surface area contributed by atoms with Crippen LogP contribution in [0.25, 0.3) is 0 Å². The number of hydrogen-bond acceptors (Lipinski definition) is 5. The Labute approximate surface area is 150 Å². The summed E-state index contributed by atoms with van der Waals surface area (Å²) >= 11 is 0. The number of likely N-dealkylation sites (tertiary alicyclic amines) is 1. The average Bonchev–Trinajstić information content (AvgIpc) is 2.93. The fourth-order valence-electron chi connectivity index (χ4n) is 3.81. The van der Waals surface area contributed by atoms with Gasteiger partial charge in [0.05, 0.1) is 11.5 Å². The van der Waals surface area contributed by atoms with Crippen molar-refractivity contribution in [1.82, 2.24) is 14.8 Å². The van der Waals surface area contributed by atoms with Gasteiger partial charge in [0.15, 0.2) is 9.84 Å².